The molecule has 1 aromatic heterocycles. The average molecular weight is 265 g/mol. The van der Waals surface area contributed by atoms with E-state index in [9.17, 15) is 0 Å². The van der Waals surface area contributed by atoms with Crippen molar-refractivity contribution in [1.82, 2.24) is 9.78 Å². The lowest BCUT2D eigenvalue weighted by molar-refractivity contribution is -0.0831. The molecule has 1 aliphatic rings. The number of hydrogen-bond acceptors (Lipinski definition) is 3. The molecule has 0 bridgehead atoms. The Balaban J connectivity index is 1.94. The summed E-state index contributed by atoms with van der Waals surface area (Å²) in [7, 11) is 1.97. The van der Waals surface area contributed by atoms with Gasteiger partial charge in [-0.15, -0.1) is 0 Å². The summed E-state index contributed by atoms with van der Waals surface area (Å²) in [4.78, 5) is 0. The van der Waals surface area contributed by atoms with Crippen molar-refractivity contribution in [3.63, 3.8) is 0 Å². The Hall–Kier alpha value is -0.870. The zero-order chi connectivity index (χ0) is 13.9. The van der Waals surface area contributed by atoms with E-state index in [0.29, 0.717) is 13.2 Å². The molecule has 1 fully saturated rings. The maximum absolute atomic E-state index is 6.21. The van der Waals surface area contributed by atoms with Crippen LogP contribution in [0.15, 0.2) is 6.07 Å². The number of nitrogens with zero attached hydrogens (tertiary/aromatic N) is 2. The molecule has 0 aliphatic heterocycles. The highest BCUT2D eigenvalue weighted by molar-refractivity contribution is 5.07. The van der Waals surface area contributed by atoms with E-state index in [2.05, 4.69) is 18.1 Å². The maximum atomic E-state index is 6.21. The van der Waals surface area contributed by atoms with E-state index >= 15 is 0 Å². The second kappa shape index (κ2) is 6.06. The first-order valence-corrected chi connectivity index (χ1v) is 7.42. The van der Waals surface area contributed by atoms with Crippen molar-refractivity contribution >= 4 is 0 Å². The number of rotatable bonds is 5. The Morgan fingerprint density at radius 2 is 2.16 bits per heavy atom. The number of hydrogen-bond donors (Lipinski definition) is 1. The first kappa shape index (κ1) is 14.5. The second-order valence-corrected chi connectivity index (χ2v) is 5.93. The molecule has 4 heteroatoms. The Kier molecular flexibility index (Phi) is 4.63. The summed E-state index contributed by atoms with van der Waals surface area (Å²) in [5.74, 6) is 0.863. The number of ether oxygens (including phenoxy) is 1. The van der Waals surface area contributed by atoms with E-state index < -0.39 is 0 Å². The van der Waals surface area contributed by atoms with Gasteiger partial charge in [-0.05, 0) is 44.6 Å². The Bertz CT molecular complexity index is 406. The SMILES string of the molecule is CCC1CCC(CN)(OCc2cc(C)nn2C)CC1. The van der Waals surface area contributed by atoms with Gasteiger partial charge < -0.3 is 10.5 Å². The largest absolute Gasteiger partial charge is 0.367 e. The molecule has 0 radical (unpaired) electrons. The zero-order valence-corrected chi connectivity index (χ0v) is 12.5. The fourth-order valence-electron chi connectivity index (χ4n) is 3.05. The zero-order valence-electron chi connectivity index (χ0n) is 12.5. The van der Waals surface area contributed by atoms with Crippen molar-refractivity contribution in [2.45, 2.75) is 58.2 Å². The lowest BCUT2D eigenvalue weighted by Gasteiger charge is -2.39. The Morgan fingerprint density at radius 1 is 1.47 bits per heavy atom. The van der Waals surface area contributed by atoms with E-state index in [-0.39, 0.29) is 5.60 Å². The normalized spacial score (nSPS) is 27.7. The predicted octanol–water partition coefficient (Wildman–Crippen LogP) is 2.54. The van der Waals surface area contributed by atoms with Gasteiger partial charge in [-0.3, -0.25) is 4.68 Å². The summed E-state index contributed by atoms with van der Waals surface area (Å²) >= 11 is 0. The molecule has 1 saturated carbocycles. The standard InChI is InChI=1S/C15H27N3O/c1-4-13-5-7-15(11-16,8-6-13)19-10-14-9-12(2)17-18(14)3/h9,13H,4-8,10-11,16H2,1-3H3. The van der Waals surface area contributed by atoms with Crippen LogP contribution in [0.25, 0.3) is 0 Å². The quantitative estimate of drug-likeness (QED) is 0.890. The first-order valence-electron chi connectivity index (χ1n) is 7.42. The van der Waals surface area contributed by atoms with Crippen LogP contribution >= 0.6 is 0 Å². The molecule has 0 aromatic carbocycles. The minimum atomic E-state index is -0.107. The van der Waals surface area contributed by atoms with Gasteiger partial charge in [-0.2, -0.15) is 5.10 Å². The molecule has 2 N–H and O–H groups in total. The molecule has 4 nitrogen and oxygen atoms in total. The van der Waals surface area contributed by atoms with Gasteiger partial charge in [0.15, 0.2) is 0 Å². The van der Waals surface area contributed by atoms with E-state index in [0.717, 1.165) is 30.1 Å². The van der Waals surface area contributed by atoms with Crippen LogP contribution in [-0.2, 0) is 18.4 Å². The summed E-state index contributed by atoms with van der Waals surface area (Å²) in [5, 5.41) is 4.35. The van der Waals surface area contributed by atoms with Crippen molar-refractivity contribution in [1.29, 1.82) is 0 Å². The summed E-state index contributed by atoms with van der Waals surface area (Å²) in [6.07, 6.45) is 5.97. The molecular formula is C15H27N3O. The van der Waals surface area contributed by atoms with Crippen molar-refractivity contribution in [3.8, 4) is 0 Å². The Labute approximate surface area is 116 Å². The van der Waals surface area contributed by atoms with E-state index in [4.69, 9.17) is 10.5 Å². The van der Waals surface area contributed by atoms with Gasteiger partial charge in [0.25, 0.3) is 0 Å². The van der Waals surface area contributed by atoms with E-state index in [1.165, 1.54) is 19.3 Å². The van der Waals surface area contributed by atoms with Gasteiger partial charge in [0.1, 0.15) is 0 Å². The summed E-state index contributed by atoms with van der Waals surface area (Å²) in [6.45, 7) is 5.53. The smallest absolute Gasteiger partial charge is 0.0892 e. The number of nitrogens with two attached hydrogens (primary N) is 1. The highest BCUT2D eigenvalue weighted by Gasteiger charge is 2.34. The Morgan fingerprint density at radius 3 is 2.63 bits per heavy atom. The van der Waals surface area contributed by atoms with Crippen LogP contribution in [0.5, 0.6) is 0 Å². The fraction of sp³-hybridized carbons (Fsp3) is 0.800. The van der Waals surface area contributed by atoms with Crippen LogP contribution in [0.4, 0.5) is 0 Å². The summed E-state index contributed by atoms with van der Waals surface area (Å²) < 4.78 is 8.11. The second-order valence-electron chi connectivity index (χ2n) is 5.93. The molecule has 1 aromatic rings. The highest BCUT2D eigenvalue weighted by atomic mass is 16.5. The van der Waals surface area contributed by atoms with Gasteiger partial charge in [0.2, 0.25) is 0 Å². The van der Waals surface area contributed by atoms with Crippen molar-refractivity contribution < 1.29 is 4.74 Å². The van der Waals surface area contributed by atoms with Crippen LogP contribution in [-0.4, -0.2) is 21.9 Å². The maximum Gasteiger partial charge on any atom is 0.0892 e. The van der Waals surface area contributed by atoms with Crippen LogP contribution in [0.3, 0.4) is 0 Å². The number of aryl methyl sites for hydroxylation is 2. The third-order valence-electron chi connectivity index (χ3n) is 4.59. The minimum Gasteiger partial charge on any atom is -0.367 e. The van der Waals surface area contributed by atoms with Gasteiger partial charge >= 0.3 is 0 Å². The lowest BCUT2D eigenvalue weighted by atomic mass is 9.77. The van der Waals surface area contributed by atoms with Crippen molar-refractivity contribution in [3.05, 3.63) is 17.5 Å². The van der Waals surface area contributed by atoms with Crippen LogP contribution in [0.1, 0.15) is 50.4 Å². The third-order valence-corrected chi connectivity index (χ3v) is 4.59. The molecule has 108 valence electrons. The predicted molar refractivity (Wildman–Crippen MR) is 76.8 cm³/mol. The first-order chi connectivity index (χ1) is 9.08. The molecule has 0 saturated heterocycles. The molecule has 1 heterocycles. The van der Waals surface area contributed by atoms with Crippen molar-refractivity contribution in [2.24, 2.45) is 18.7 Å². The molecule has 1 aliphatic carbocycles. The van der Waals surface area contributed by atoms with Crippen LogP contribution < -0.4 is 5.73 Å². The third kappa shape index (κ3) is 3.37. The molecular weight excluding hydrogens is 238 g/mol. The van der Waals surface area contributed by atoms with Crippen molar-refractivity contribution in [2.75, 3.05) is 6.54 Å². The summed E-state index contributed by atoms with van der Waals surface area (Å²) in [5.41, 5.74) is 8.04. The topological polar surface area (TPSA) is 53.1 Å². The molecule has 0 amide bonds. The highest BCUT2D eigenvalue weighted by Crippen LogP contribution is 2.36. The molecule has 0 spiro atoms. The average Bonchev–Trinajstić information content (AvgIpc) is 2.75. The lowest BCUT2D eigenvalue weighted by Crippen LogP contribution is -2.44. The monoisotopic (exact) mass is 265 g/mol. The molecule has 2 rings (SSSR count). The molecule has 0 atom stereocenters. The van der Waals surface area contributed by atoms with E-state index in [1.54, 1.807) is 0 Å². The van der Waals surface area contributed by atoms with Gasteiger partial charge in [-0.25, -0.2) is 0 Å². The van der Waals surface area contributed by atoms with Crippen LogP contribution in [0.2, 0.25) is 0 Å². The van der Waals surface area contributed by atoms with Crippen LogP contribution in [0, 0.1) is 12.8 Å². The minimum absolute atomic E-state index is 0.107. The van der Waals surface area contributed by atoms with Gasteiger partial charge in [-0.1, -0.05) is 13.3 Å². The van der Waals surface area contributed by atoms with Gasteiger partial charge in [0.05, 0.1) is 23.6 Å². The number of aromatic nitrogens is 2. The summed E-state index contributed by atoms with van der Waals surface area (Å²) in [6, 6.07) is 2.09. The van der Waals surface area contributed by atoms with Gasteiger partial charge in [0, 0.05) is 13.6 Å². The molecule has 0 unspecified atom stereocenters. The fourth-order valence-corrected chi connectivity index (χ4v) is 3.05. The molecule has 19 heavy (non-hydrogen) atoms. The van der Waals surface area contributed by atoms with E-state index in [1.807, 2.05) is 18.7 Å².